The molecular weight excluding hydrogens is 311 g/mol. The first-order valence-corrected chi connectivity index (χ1v) is 6.23. The molecule has 0 saturated heterocycles. The fraction of sp³-hybridized carbons (Fsp3) is 0.444. The molecule has 1 aromatic heterocycles. The van der Waals surface area contributed by atoms with Crippen molar-refractivity contribution >= 4 is 39.8 Å². The second-order valence-electron chi connectivity index (χ2n) is 3.14. The van der Waals surface area contributed by atoms with Crippen LogP contribution < -0.4 is 5.73 Å². The van der Waals surface area contributed by atoms with Crippen molar-refractivity contribution in [2.45, 2.75) is 13.0 Å². The van der Waals surface area contributed by atoms with Gasteiger partial charge in [0.25, 0.3) is 5.91 Å². The number of nitrogens with zero attached hydrogens (tertiary/aromatic N) is 1. The highest BCUT2D eigenvalue weighted by molar-refractivity contribution is 14.1. The first-order valence-electron chi connectivity index (χ1n) is 4.27. The third-order valence-electron chi connectivity index (χ3n) is 2.14. The van der Waals surface area contributed by atoms with Gasteiger partial charge < -0.3 is 10.6 Å². The predicted octanol–water partition coefficient (Wildman–Crippen LogP) is 1.77. The van der Waals surface area contributed by atoms with Gasteiger partial charge in [0.15, 0.2) is 0 Å². The van der Waals surface area contributed by atoms with E-state index in [9.17, 15) is 4.79 Å². The summed E-state index contributed by atoms with van der Waals surface area (Å²) >= 11 is 3.78. The molecule has 0 spiro atoms. The van der Waals surface area contributed by atoms with Gasteiger partial charge in [-0.1, -0.05) is 0 Å². The topological polar surface area (TPSA) is 46.3 Å². The average molecular weight is 324 g/mol. The minimum atomic E-state index is 0.0436. The normalized spacial score (nSPS) is 12.6. The zero-order chi connectivity index (χ0) is 10.7. The fourth-order valence-corrected chi connectivity index (χ4v) is 2.30. The molecule has 0 aliphatic carbocycles. The minimum Gasteiger partial charge on any atom is -0.338 e. The molecule has 1 rings (SSSR count). The number of amides is 1. The van der Waals surface area contributed by atoms with E-state index in [0.29, 0.717) is 6.54 Å². The molecule has 0 fully saturated rings. The summed E-state index contributed by atoms with van der Waals surface area (Å²) < 4.78 is 1.12. The highest BCUT2D eigenvalue weighted by Crippen LogP contribution is 2.18. The fourth-order valence-electron chi connectivity index (χ4n) is 0.984. The molecule has 0 bridgehead atoms. The monoisotopic (exact) mass is 324 g/mol. The number of carbonyl (C=O) groups is 1. The molecule has 0 saturated carbocycles. The van der Waals surface area contributed by atoms with Crippen LogP contribution in [0.1, 0.15) is 17.3 Å². The number of thiophene rings is 1. The van der Waals surface area contributed by atoms with Gasteiger partial charge in [0, 0.05) is 25.0 Å². The predicted molar refractivity (Wildman–Crippen MR) is 67.6 cm³/mol. The summed E-state index contributed by atoms with van der Waals surface area (Å²) in [7, 11) is 1.78. The smallest absolute Gasteiger partial charge is 0.254 e. The molecule has 0 aromatic carbocycles. The van der Waals surface area contributed by atoms with E-state index in [-0.39, 0.29) is 11.9 Å². The Balaban J connectivity index is 2.75. The van der Waals surface area contributed by atoms with Crippen LogP contribution in [0.3, 0.4) is 0 Å². The van der Waals surface area contributed by atoms with Crippen LogP contribution in [-0.2, 0) is 0 Å². The van der Waals surface area contributed by atoms with Gasteiger partial charge in [0.2, 0.25) is 0 Å². The van der Waals surface area contributed by atoms with E-state index in [1.54, 1.807) is 23.3 Å². The third-order valence-corrected chi connectivity index (χ3v) is 3.93. The Morgan fingerprint density at radius 2 is 2.43 bits per heavy atom. The van der Waals surface area contributed by atoms with E-state index in [0.717, 1.165) is 8.45 Å². The van der Waals surface area contributed by atoms with Crippen LogP contribution in [0, 0.1) is 2.88 Å². The van der Waals surface area contributed by atoms with Crippen molar-refractivity contribution < 1.29 is 4.79 Å². The van der Waals surface area contributed by atoms with Crippen molar-refractivity contribution in [3.05, 3.63) is 19.9 Å². The lowest BCUT2D eigenvalue weighted by Crippen LogP contribution is -2.39. The average Bonchev–Trinajstić information content (AvgIpc) is 2.61. The second kappa shape index (κ2) is 5.09. The summed E-state index contributed by atoms with van der Waals surface area (Å²) in [5.41, 5.74) is 6.25. The van der Waals surface area contributed by atoms with Crippen molar-refractivity contribution in [3.63, 3.8) is 0 Å². The van der Waals surface area contributed by atoms with Gasteiger partial charge in [-0.05, 0) is 35.6 Å². The summed E-state index contributed by atoms with van der Waals surface area (Å²) in [6.07, 6.45) is 0. The van der Waals surface area contributed by atoms with Crippen molar-refractivity contribution in [1.29, 1.82) is 0 Å². The maximum Gasteiger partial charge on any atom is 0.254 e. The molecule has 14 heavy (non-hydrogen) atoms. The van der Waals surface area contributed by atoms with Crippen LogP contribution in [0.2, 0.25) is 0 Å². The molecule has 3 nitrogen and oxygen atoms in total. The summed E-state index contributed by atoms with van der Waals surface area (Å²) in [6.45, 7) is 2.43. The molecule has 0 radical (unpaired) electrons. The van der Waals surface area contributed by atoms with E-state index >= 15 is 0 Å². The van der Waals surface area contributed by atoms with Gasteiger partial charge in [-0.3, -0.25) is 4.79 Å². The summed E-state index contributed by atoms with van der Waals surface area (Å²) in [6, 6.07) is 1.98. The number of nitrogens with two attached hydrogens (primary N) is 1. The van der Waals surface area contributed by atoms with Gasteiger partial charge in [0.05, 0.1) is 8.45 Å². The first kappa shape index (κ1) is 11.9. The summed E-state index contributed by atoms with van der Waals surface area (Å²) in [5.74, 6) is 0.0436. The number of rotatable bonds is 3. The van der Waals surface area contributed by atoms with Crippen LogP contribution in [-0.4, -0.2) is 30.4 Å². The molecule has 1 heterocycles. The lowest BCUT2D eigenvalue weighted by molar-refractivity contribution is 0.0749. The molecule has 1 unspecified atom stereocenters. The maximum atomic E-state index is 11.8. The van der Waals surface area contributed by atoms with Crippen LogP contribution in [0.15, 0.2) is 11.4 Å². The first-order chi connectivity index (χ1) is 6.56. The number of carbonyl (C=O) groups excluding carboxylic acids is 1. The Morgan fingerprint density at radius 1 is 1.79 bits per heavy atom. The molecular formula is C9H13IN2OS. The van der Waals surface area contributed by atoms with Crippen LogP contribution in [0.4, 0.5) is 0 Å². The highest BCUT2D eigenvalue weighted by Gasteiger charge is 2.17. The van der Waals surface area contributed by atoms with Crippen molar-refractivity contribution in [2.24, 2.45) is 5.73 Å². The van der Waals surface area contributed by atoms with Crippen molar-refractivity contribution in [1.82, 2.24) is 4.90 Å². The second-order valence-corrected chi connectivity index (χ2v) is 5.95. The largest absolute Gasteiger partial charge is 0.338 e. The molecule has 0 aliphatic rings. The Hall–Kier alpha value is -0.140. The van der Waals surface area contributed by atoms with Crippen LogP contribution in [0.25, 0.3) is 0 Å². The zero-order valence-electron chi connectivity index (χ0n) is 8.16. The molecule has 1 atom stereocenters. The van der Waals surface area contributed by atoms with E-state index in [4.69, 9.17) is 5.73 Å². The van der Waals surface area contributed by atoms with Gasteiger partial charge in [-0.2, -0.15) is 0 Å². The molecule has 78 valence electrons. The van der Waals surface area contributed by atoms with E-state index in [1.807, 2.05) is 18.4 Å². The molecule has 2 N–H and O–H groups in total. The van der Waals surface area contributed by atoms with E-state index in [2.05, 4.69) is 22.6 Å². The zero-order valence-corrected chi connectivity index (χ0v) is 11.1. The maximum absolute atomic E-state index is 11.8. The van der Waals surface area contributed by atoms with Gasteiger partial charge in [-0.25, -0.2) is 0 Å². The van der Waals surface area contributed by atoms with Crippen molar-refractivity contribution in [3.8, 4) is 0 Å². The van der Waals surface area contributed by atoms with Crippen LogP contribution in [0.5, 0.6) is 0 Å². The Labute approximate surface area is 101 Å². The molecule has 5 heteroatoms. The molecule has 1 amide bonds. The Morgan fingerprint density at radius 3 is 2.86 bits per heavy atom. The molecule has 1 aromatic rings. The Bertz CT molecular complexity index is 326. The third kappa shape index (κ3) is 2.68. The number of hydrogen-bond donors (Lipinski definition) is 1. The molecule has 0 aliphatic heterocycles. The van der Waals surface area contributed by atoms with Crippen molar-refractivity contribution in [2.75, 3.05) is 13.6 Å². The summed E-state index contributed by atoms with van der Waals surface area (Å²) in [4.78, 5) is 13.5. The Kier molecular flexibility index (Phi) is 4.33. The standard InChI is InChI=1S/C9H13IN2OS/c1-6(4-11)12(2)9(13)7-3-8(10)14-5-7/h3,5-6H,4,11H2,1-2H3. The SMILES string of the molecule is CC(CN)N(C)C(=O)c1csc(I)c1. The van der Waals surface area contributed by atoms with Crippen LogP contribution >= 0.6 is 33.9 Å². The lowest BCUT2D eigenvalue weighted by atomic mass is 10.2. The van der Waals surface area contributed by atoms with E-state index in [1.165, 1.54) is 0 Å². The number of hydrogen-bond acceptors (Lipinski definition) is 3. The number of likely N-dealkylation sites (N-methyl/N-ethyl adjacent to an activating group) is 1. The minimum absolute atomic E-state index is 0.0436. The quantitative estimate of drug-likeness (QED) is 0.862. The number of halogens is 1. The lowest BCUT2D eigenvalue weighted by Gasteiger charge is -2.22. The van der Waals surface area contributed by atoms with Gasteiger partial charge in [0.1, 0.15) is 0 Å². The summed E-state index contributed by atoms with van der Waals surface area (Å²) in [5, 5.41) is 1.88. The van der Waals surface area contributed by atoms with Gasteiger partial charge >= 0.3 is 0 Å². The van der Waals surface area contributed by atoms with E-state index < -0.39 is 0 Å². The van der Waals surface area contributed by atoms with Gasteiger partial charge in [-0.15, -0.1) is 11.3 Å². The highest BCUT2D eigenvalue weighted by atomic mass is 127.